The van der Waals surface area contributed by atoms with Crippen molar-refractivity contribution >= 4 is 41.5 Å². The summed E-state index contributed by atoms with van der Waals surface area (Å²) in [5.41, 5.74) is 6.81. The van der Waals surface area contributed by atoms with Gasteiger partial charge in [-0.25, -0.2) is 0 Å². The van der Waals surface area contributed by atoms with E-state index in [0.717, 1.165) is 5.56 Å². The van der Waals surface area contributed by atoms with E-state index in [1.807, 2.05) is 13.0 Å². The molecule has 2 unspecified atom stereocenters. The van der Waals surface area contributed by atoms with Crippen LogP contribution in [-0.2, 0) is 4.79 Å². The summed E-state index contributed by atoms with van der Waals surface area (Å²) in [5.74, 6) is 0.288. The second-order valence-corrected chi connectivity index (χ2v) is 5.96. The van der Waals surface area contributed by atoms with Gasteiger partial charge in [-0.3, -0.25) is 4.79 Å². The van der Waals surface area contributed by atoms with Crippen molar-refractivity contribution in [2.75, 3.05) is 6.54 Å². The number of hydrogen-bond donors (Lipinski definition) is 2. The van der Waals surface area contributed by atoms with Crippen LogP contribution in [0.3, 0.4) is 0 Å². The number of amides is 1. The fourth-order valence-corrected chi connectivity index (χ4v) is 2.30. The Kier molecular flexibility index (Phi) is 6.59. The molecule has 112 valence electrons. The lowest BCUT2D eigenvalue weighted by molar-refractivity contribution is -0.122. The number of benzene rings is 1. The van der Waals surface area contributed by atoms with Crippen molar-refractivity contribution in [3.63, 3.8) is 0 Å². The van der Waals surface area contributed by atoms with Gasteiger partial charge in [-0.1, -0.05) is 29.3 Å². The molecule has 1 aliphatic carbocycles. The van der Waals surface area contributed by atoms with E-state index in [4.69, 9.17) is 28.9 Å². The fourth-order valence-electron chi connectivity index (χ4n) is 2.00. The predicted octanol–water partition coefficient (Wildman–Crippen LogP) is 3.37. The largest absolute Gasteiger partial charge is 0.354 e. The first-order chi connectivity index (χ1) is 8.99. The zero-order valence-electron chi connectivity index (χ0n) is 11.2. The molecular formula is C14H19Cl3N2O. The van der Waals surface area contributed by atoms with Gasteiger partial charge < -0.3 is 11.1 Å². The van der Waals surface area contributed by atoms with E-state index >= 15 is 0 Å². The number of carbonyl (C=O) groups excluding carboxylic acids is 1. The number of nitrogens with two attached hydrogens (primary N) is 1. The van der Waals surface area contributed by atoms with Gasteiger partial charge in [-0.2, -0.15) is 0 Å². The Hall–Kier alpha value is -0.480. The van der Waals surface area contributed by atoms with Gasteiger partial charge >= 0.3 is 0 Å². The van der Waals surface area contributed by atoms with Crippen molar-refractivity contribution < 1.29 is 4.79 Å². The predicted molar refractivity (Wildman–Crippen MR) is 85.8 cm³/mol. The van der Waals surface area contributed by atoms with Gasteiger partial charge in [-0.05, 0) is 43.4 Å². The van der Waals surface area contributed by atoms with Crippen molar-refractivity contribution in [1.29, 1.82) is 0 Å². The summed E-state index contributed by atoms with van der Waals surface area (Å²) in [6.07, 6.45) is 2.36. The van der Waals surface area contributed by atoms with Crippen LogP contribution in [0.2, 0.25) is 10.0 Å². The van der Waals surface area contributed by atoms with Gasteiger partial charge in [0, 0.05) is 12.6 Å². The Bertz CT molecular complexity index is 477. The molecule has 0 bridgehead atoms. The van der Waals surface area contributed by atoms with E-state index in [-0.39, 0.29) is 30.3 Å². The first kappa shape index (κ1) is 17.6. The maximum Gasteiger partial charge on any atom is 0.227 e. The molecule has 0 aromatic heterocycles. The van der Waals surface area contributed by atoms with Crippen LogP contribution in [-0.4, -0.2) is 18.5 Å². The van der Waals surface area contributed by atoms with Crippen molar-refractivity contribution in [2.45, 2.75) is 31.7 Å². The van der Waals surface area contributed by atoms with Gasteiger partial charge in [0.05, 0.1) is 16.0 Å². The van der Waals surface area contributed by atoms with Crippen LogP contribution in [0, 0.1) is 5.92 Å². The molecule has 2 atom stereocenters. The number of rotatable bonds is 5. The minimum absolute atomic E-state index is 0. The summed E-state index contributed by atoms with van der Waals surface area (Å²) in [4.78, 5) is 12.0. The van der Waals surface area contributed by atoms with Crippen LogP contribution in [0.15, 0.2) is 18.2 Å². The monoisotopic (exact) mass is 336 g/mol. The van der Waals surface area contributed by atoms with E-state index in [9.17, 15) is 4.79 Å². The summed E-state index contributed by atoms with van der Waals surface area (Å²) < 4.78 is 0. The molecule has 3 nitrogen and oxygen atoms in total. The SMILES string of the molecule is CC(C(=O)NCC(N)C1CC1)c1ccc(Cl)c(Cl)c1.Cl. The minimum Gasteiger partial charge on any atom is -0.354 e. The highest BCUT2D eigenvalue weighted by Gasteiger charge is 2.29. The minimum atomic E-state index is -0.263. The standard InChI is InChI=1S/C14H18Cl2N2O.ClH/c1-8(10-4-5-11(15)12(16)6-10)14(19)18-7-13(17)9-2-3-9;/h4-6,8-9,13H,2-3,7,17H2,1H3,(H,18,19);1H. The first-order valence-electron chi connectivity index (χ1n) is 6.47. The molecule has 0 heterocycles. The quantitative estimate of drug-likeness (QED) is 0.865. The molecular weight excluding hydrogens is 319 g/mol. The zero-order valence-corrected chi connectivity index (χ0v) is 13.6. The average molecular weight is 338 g/mol. The maximum atomic E-state index is 12.0. The number of halogens is 3. The van der Waals surface area contributed by atoms with Gasteiger partial charge in [0.2, 0.25) is 5.91 Å². The highest BCUT2D eigenvalue weighted by molar-refractivity contribution is 6.42. The summed E-state index contributed by atoms with van der Waals surface area (Å²) >= 11 is 11.8. The average Bonchev–Trinajstić information content (AvgIpc) is 3.22. The molecule has 1 amide bonds. The van der Waals surface area contributed by atoms with Crippen LogP contribution in [0.25, 0.3) is 0 Å². The summed E-state index contributed by atoms with van der Waals surface area (Å²) in [6.45, 7) is 2.38. The summed E-state index contributed by atoms with van der Waals surface area (Å²) in [5, 5.41) is 3.86. The Balaban J connectivity index is 0.00000200. The molecule has 0 spiro atoms. The van der Waals surface area contributed by atoms with Crippen molar-refractivity contribution in [3.8, 4) is 0 Å². The third kappa shape index (κ3) is 4.52. The maximum absolute atomic E-state index is 12.0. The zero-order chi connectivity index (χ0) is 14.0. The first-order valence-corrected chi connectivity index (χ1v) is 7.23. The van der Waals surface area contributed by atoms with E-state index in [1.54, 1.807) is 12.1 Å². The molecule has 1 aromatic carbocycles. The molecule has 0 saturated heterocycles. The molecule has 6 heteroatoms. The smallest absolute Gasteiger partial charge is 0.227 e. The normalized spacial score (nSPS) is 17.0. The van der Waals surface area contributed by atoms with Crippen molar-refractivity contribution in [3.05, 3.63) is 33.8 Å². The Labute approximate surface area is 135 Å². The summed E-state index contributed by atoms with van der Waals surface area (Å²) in [6, 6.07) is 5.33. The lowest BCUT2D eigenvalue weighted by Gasteiger charge is -2.16. The van der Waals surface area contributed by atoms with Gasteiger partial charge in [0.15, 0.2) is 0 Å². The summed E-state index contributed by atoms with van der Waals surface area (Å²) in [7, 11) is 0. The number of hydrogen-bond acceptors (Lipinski definition) is 2. The molecule has 1 fully saturated rings. The third-order valence-corrected chi connectivity index (χ3v) is 4.32. The van der Waals surface area contributed by atoms with E-state index < -0.39 is 0 Å². The molecule has 3 N–H and O–H groups in total. The molecule has 0 aliphatic heterocycles. The van der Waals surface area contributed by atoms with E-state index in [0.29, 0.717) is 22.5 Å². The molecule has 20 heavy (non-hydrogen) atoms. The molecule has 0 radical (unpaired) electrons. The highest BCUT2D eigenvalue weighted by Crippen LogP contribution is 2.31. The Morgan fingerprint density at radius 2 is 2.05 bits per heavy atom. The number of carbonyl (C=O) groups is 1. The van der Waals surface area contributed by atoms with E-state index in [1.165, 1.54) is 12.8 Å². The van der Waals surface area contributed by atoms with Crippen molar-refractivity contribution in [1.82, 2.24) is 5.32 Å². The topological polar surface area (TPSA) is 55.1 Å². The highest BCUT2D eigenvalue weighted by atomic mass is 35.5. The molecule has 1 aromatic rings. The van der Waals surface area contributed by atoms with Gasteiger partial charge in [0.25, 0.3) is 0 Å². The fraction of sp³-hybridized carbons (Fsp3) is 0.500. The Morgan fingerprint density at radius 1 is 1.40 bits per heavy atom. The van der Waals surface area contributed by atoms with Crippen LogP contribution in [0.5, 0.6) is 0 Å². The van der Waals surface area contributed by atoms with Crippen LogP contribution in [0.1, 0.15) is 31.2 Å². The molecule has 1 aliphatic rings. The molecule has 1 saturated carbocycles. The Morgan fingerprint density at radius 3 is 2.60 bits per heavy atom. The molecule has 2 rings (SSSR count). The third-order valence-electron chi connectivity index (χ3n) is 3.58. The van der Waals surface area contributed by atoms with Crippen LogP contribution < -0.4 is 11.1 Å². The van der Waals surface area contributed by atoms with Crippen LogP contribution in [0.4, 0.5) is 0 Å². The second kappa shape index (κ2) is 7.51. The lowest BCUT2D eigenvalue weighted by atomic mass is 10.0. The number of nitrogens with one attached hydrogen (secondary N) is 1. The van der Waals surface area contributed by atoms with Crippen molar-refractivity contribution in [2.24, 2.45) is 11.7 Å². The van der Waals surface area contributed by atoms with Gasteiger partial charge in [-0.15, -0.1) is 12.4 Å². The van der Waals surface area contributed by atoms with Gasteiger partial charge in [0.1, 0.15) is 0 Å². The van der Waals surface area contributed by atoms with Crippen LogP contribution >= 0.6 is 35.6 Å². The lowest BCUT2D eigenvalue weighted by Crippen LogP contribution is -2.40. The van der Waals surface area contributed by atoms with E-state index in [2.05, 4.69) is 5.32 Å². The second-order valence-electron chi connectivity index (χ2n) is 5.14.